The van der Waals surface area contributed by atoms with Crippen LogP contribution in [0.2, 0.25) is 0 Å². The van der Waals surface area contributed by atoms with Crippen molar-refractivity contribution in [1.29, 1.82) is 0 Å². The molecule has 7 heteroatoms. The summed E-state index contributed by atoms with van der Waals surface area (Å²) in [6, 6.07) is 6.33. The van der Waals surface area contributed by atoms with Gasteiger partial charge >= 0.3 is 0 Å². The summed E-state index contributed by atoms with van der Waals surface area (Å²) in [5, 5.41) is 10.2. The molecule has 1 aliphatic rings. The molecule has 1 aromatic carbocycles. The number of Topliss-reactive ketones (excluding diaryl/α,β-unsaturated/α-hetero) is 1. The van der Waals surface area contributed by atoms with Gasteiger partial charge < -0.3 is 5.11 Å². The fourth-order valence-electron chi connectivity index (χ4n) is 2.82. The van der Waals surface area contributed by atoms with Crippen molar-refractivity contribution in [2.45, 2.75) is 19.4 Å². The maximum atomic E-state index is 14.3. The Kier molecular flexibility index (Phi) is 4.31. The molecule has 0 saturated heterocycles. The van der Waals surface area contributed by atoms with Gasteiger partial charge in [0.15, 0.2) is 11.5 Å². The van der Waals surface area contributed by atoms with Crippen LogP contribution in [0, 0.1) is 11.6 Å². The molecule has 1 aliphatic heterocycles. The number of carbonyl (C=O) groups is 2. The van der Waals surface area contributed by atoms with Gasteiger partial charge in [-0.3, -0.25) is 19.5 Å². The van der Waals surface area contributed by atoms with E-state index >= 15 is 0 Å². The van der Waals surface area contributed by atoms with Crippen LogP contribution in [0.1, 0.15) is 25.1 Å². The molecule has 1 aromatic heterocycles. The van der Waals surface area contributed by atoms with E-state index in [0.29, 0.717) is 0 Å². The van der Waals surface area contributed by atoms with Crippen LogP contribution in [0.3, 0.4) is 0 Å². The summed E-state index contributed by atoms with van der Waals surface area (Å²) in [4.78, 5) is 29.8. The first-order valence-electron chi connectivity index (χ1n) is 7.61. The van der Waals surface area contributed by atoms with Crippen LogP contribution >= 0.6 is 0 Å². The van der Waals surface area contributed by atoms with Crippen LogP contribution in [0.15, 0.2) is 53.9 Å². The summed E-state index contributed by atoms with van der Waals surface area (Å²) in [7, 11) is 0. The Hall–Kier alpha value is -3.09. The minimum Gasteiger partial charge on any atom is -0.503 e. The van der Waals surface area contributed by atoms with E-state index in [4.69, 9.17) is 0 Å². The van der Waals surface area contributed by atoms with Gasteiger partial charge in [-0.2, -0.15) is 0 Å². The molecule has 1 amide bonds. The summed E-state index contributed by atoms with van der Waals surface area (Å²) >= 11 is 0. The van der Waals surface area contributed by atoms with E-state index in [1.54, 1.807) is 25.1 Å². The van der Waals surface area contributed by atoms with Crippen LogP contribution in [0.5, 0.6) is 0 Å². The molecule has 2 aromatic rings. The van der Waals surface area contributed by atoms with Crippen molar-refractivity contribution in [2.75, 3.05) is 4.90 Å². The second-order valence-electron chi connectivity index (χ2n) is 5.47. The van der Waals surface area contributed by atoms with Gasteiger partial charge in [0.25, 0.3) is 5.91 Å². The van der Waals surface area contributed by atoms with Crippen molar-refractivity contribution >= 4 is 17.4 Å². The van der Waals surface area contributed by atoms with Crippen molar-refractivity contribution in [3.05, 3.63) is 71.3 Å². The number of amides is 1. The van der Waals surface area contributed by atoms with Gasteiger partial charge in [0.2, 0.25) is 0 Å². The van der Waals surface area contributed by atoms with Gasteiger partial charge in [-0.1, -0.05) is 13.0 Å². The lowest BCUT2D eigenvalue weighted by molar-refractivity contribution is -0.118. The lowest BCUT2D eigenvalue weighted by atomic mass is 9.98. The smallest absolute Gasteiger partial charge is 0.294 e. The highest BCUT2D eigenvalue weighted by Gasteiger charge is 2.45. The first kappa shape index (κ1) is 16.8. The quantitative estimate of drug-likeness (QED) is 0.924. The first-order chi connectivity index (χ1) is 12.0. The third kappa shape index (κ3) is 2.77. The number of hydrogen-bond acceptors (Lipinski definition) is 4. The predicted octanol–water partition coefficient (Wildman–Crippen LogP) is 3.24. The second-order valence-corrected chi connectivity index (χ2v) is 5.47. The number of anilines is 1. The van der Waals surface area contributed by atoms with E-state index in [9.17, 15) is 23.5 Å². The highest BCUT2D eigenvalue weighted by atomic mass is 19.1. The van der Waals surface area contributed by atoms with E-state index in [1.165, 1.54) is 6.20 Å². The number of hydrogen-bond donors (Lipinski definition) is 1. The lowest BCUT2D eigenvalue weighted by Gasteiger charge is -2.26. The number of nitrogens with zero attached hydrogens (tertiary/aromatic N) is 2. The Balaban J connectivity index is 2.22. The topological polar surface area (TPSA) is 70.5 Å². The number of pyridine rings is 1. The number of carbonyl (C=O) groups excluding carboxylic acids is 2. The molecule has 0 spiro atoms. The van der Waals surface area contributed by atoms with Crippen LogP contribution in [0.25, 0.3) is 0 Å². The van der Waals surface area contributed by atoms with Crippen molar-refractivity contribution < 1.29 is 23.5 Å². The average Bonchev–Trinajstić information content (AvgIpc) is 2.88. The number of benzene rings is 1. The Morgan fingerprint density at radius 1 is 1.28 bits per heavy atom. The van der Waals surface area contributed by atoms with Gasteiger partial charge in [0.05, 0.1) is 17.0 Å². The molecule has 1 atom stereocenters. The number of aliphatic hydroxyl groups excluding tert-OH is 1. The SMILES string of the molecule is CCC(=O)C1=C(O)C(=O)N(c2cc(F)ccc2F)C1c1ccccn1. The molecule has 3 rings (SSSR count). The highest BCUT2D eigenvalue weighted by Crippen LogP contribution is 2.41. The third-order valence-electron chi connectivity index (χ3n) is 3.97. The van der Waals surface area contributed by atoms with Crippen molar-refractivity contribution in [3.63, 3.8) is 0 Å². The number of aliphatic hydroxyl groups is 1. The molecule has 0 bridgehead atoms. The van der Waals surface area contributed by atoms with Crippen molar-refractivity contribution in [1.82, 2.24) is 4.98 Å². The minimum atomic E-state index is -1.13. The van der Waals surface area contributed by atoms with Gasteiger partial charge in [-0.25, -0.2) is 8.78 Å². The fourth-order valence-corrected chi connectivity index (χ4v) is 2.82. The largest absolute Gasteiger partial charge is 0.503 e. The van der Waals surface area contributed by atoms with Gasteiger partial charge in [0.1, 0.15) is 17.7 Å². The maximum Gasteiger partial charge on any atom is 0.294 e. The van der Waals surface area contributed by atoms with E-state index in [1.807, 2.05) is 0 Å². The monoisotopic (exact) mass is 344 g/mol. The second kappa shape index (κ2) is 6.43. The molecule has 25 heavy (non-hydrogen) atoms. The van der Waals surface area contributed by atoms with E-state index < -0.39 is 35.1 Å². The van der Waals surface area contributed by atoms with Crippen molar-refractivity contribution in [2.24, 2.45) is 0 Å². The summed E-state index contributed by atoms with van der Waals surface area (Å²) in [5.74, 6) is -3.82. The van der Waals surface area contributed by atoms with E-state index in [2.05, 4.69) is 4.98 Å². The molecule has 0 saturated carbocycles. The van der Waals surface area contributed by atoms with E-state index in [0.717, 1.165) is 23.1 Å². The van der Waals surface area contributed by atoms with Crippen LogP contribution in [-0.2, 0) is 9.59 Å². The lowest BCUT2D eigenvalue weighted by Crippen LogP contribution is -2.32. The Labute approximate surface area is 142 Å². The summed E-state index contributed by atoms with van der Waals surface area (Å²) in [5.41, 5.74) is -0.277. The Bertz CT molecular complexity index is 881. The zero-order valence-electron chi connectivity index (χ0n) is 13.2. The zero-order chi connectivity index (χ0) is 18.1. The molecule has 0 fully saturated rings. The van der Waals surface area contributed by atoms with Crippen molar-refractivity contribution in [3.8, 4) is 0 Å². The zero-order valence-corrected chi connectivity index (χ0v) is 13.2. The fraction of sp³-hybridized carbons (Fsp3) is 0.167. The molecule has 128 valence electrons. The van der Waals surface area contributed by atoms with E-state index in [-0.39, 0.29) is 23.4 Å². The molecular weight excluding hydrogens is 330 g/mol. The molecule has 5 nitrogen and oxygen atoms in total. The standard InChI is InChI=1S/C18H14F2N2O3/c1-2-14(23)15-16(12-5-3-4-8-21-12)22(18(25)17(15)24)13-9-10(19)6-7-11(13)20/h3-9,16,24H,2H2,1H3. The Morgan fingerprint density at radius 3 is 2.68 bits per heavy atom. The predicted molar refractivity (Wildman–Crippen MR) is 85.8 cm³/mol. The van der Waals surface area contributed by atoms with Crippen LogP contribution < -0.4 is 4.90 Å². The number of ketones is 1. The number of aromatic nitrogens is 1. The average molecular weight is 344 g/mol. The molecule has 1 unspecified atom stereocenters. The molecular formula is C18H14F2N2O3. The first-order valence-corrected chi connectivity index (χ1v) is 7.61. The highest BCUT2D eigenvalue weighted by molar-refractivity contribution is 6.16. The molecule has 0 aliphatic carbocycles. The number of rotatable bonds is 4. The third-order valence-corrected chi connectivity index (χ3v) is 3.97. The normalized spacial score (nSPS) is 17.3. The molecule has 1 N–H and O–H groups in total. The Morgan fingerprint density at radius 2 is 2.04 bits per heavy atom. The molecule has 2 heterocycles. The van der Waals surface area contributed by atoms with Gasteiger partial charge in [-0.05, 0) is 24.3 Å². The summed E-state index contributed by atoms with van der Waals surface area (Å²) < 4.78 is 27.9. The number of halogens is 2. The maximum absolute atomic E-state index is 14.3. The summed E-state index contributed by atoms with van der Waals surface area (Å²) in [6.07, 6.45) is 1.48. The van der Waals surface area contributed by atoms with Gasteiger partial charge in [0, 0.05) is 18.7 Å². The van der Waals surface area contributed by atoms with Crippen LogP contribution in [0.4, 0.5) is 14.5 Å². The van der Waals surface area contributed by atoms with Crippen LogP contribution in [-0.4, -0.2) is 21.8 Å². The minimum absolute atomic E-state index is 0.0372. The molecule has 0 radical (unpaired) electrons. The summed E-state index contributed by atoms with van der Waals surface area (Å²) in [6.45, 7) is 1.58. The van der Waals surface area contributed by atoms with Gasteiger partial charge in [-0.15, -0.1) is 0 Å².